The Kier molecular flexibility index (Phi) is 5.15. The van der Waals surface area contributed by atoms with Gasteiger partial charge in [0, 0.05) is 28.8 Å². The minimum Gasteiger partial charge on any atom is -0.300 e. The molecule has 1 aromatic carbocycles. The van der Waals surface area contributed by atoms with E-state index in [4.69, 9.17) is 0 Å². The molecule has 0 bridgehead atoms. The number of likely N-dealkylation sites (tertiary alicyclic amines) is 1. The Morgan fingerprint density at radius 1 is 1.24 bits per heavy atom. The topological polar surface area (TPSA) is 20.3 Å². The predicted octanol–water partition coefficient (Wildman–Crippen LogP) is 4.25. The zero-order valence-corrected chi connectivity index (χ0v) is 14.5. The number of Topliss-reactive ketones (excluding diaryl/α,β-unsaturated/α-hetero) is 1. The zero-order valence-electron chi connectivity index (χ0n) is 13.7. The molecule has 2 nitrogen and oxygen atoms in total. The van der Waals surface area contributed by atoms with E-state index in [0.717, 1.165) is 25.1 Å². The molecule has 2 atom stereocenters. The molecule has 21 heavy (non-hydrogen) atoms. The Morgan fingerprint density at radius 2 is 1.90 bits per heavy atom. The van der Waals surface area contributed by atoms with Crippen LogP contribution in [0.25, 0.3) is 0 Å². The van der Waals surface area contributed by atoms with Crippen LogP contribution in [0.3, 0.4) is 0 Å². The summed E-state index contributed by atoms with van der Waals surface area (Å²) in [5, 5.41) is 0. The minimum atomic E-state index is -0.189. The quantitative estimate of drug-likeness (QED) is 0.759. The molecule has 0 aliphatic carbocycles. The Morgan fingerprint density at radius 3 is 2.52 bits per heavy atom. The third-order valence-electron chi connectivity index (χ3n) is 5.15. The first kappa shape index (κ1) is 16.6. The summed E-state index contributed by atoms with van der Waals surface area (Å²) in [5.41, 5.74) is -0.144. The second kappa shape index (κ2) is 6.53. The van der Waals surface area contributed by atoms with Crippen LogP contribution in [0, 0.1) is 5.41 Å². The summed E-state index contributed by atoms with van der Waals surface area (Å²) >= 11 is 1.85. The number of carbonyl (C=O) groups is 1. The summed E-state index contributed by atoms with van der Waals surface area (Å²) in [4.78, 5) is 16.3. The van der Waals surface area contributed by atoms with Crippen LogP contribution in [0.5, 0.6) is 0 Å². The number of carbonyl (C=O) groups excluding carboxylic acids is 1. The van der Waals surface area contributed by atoms with E-state index in [9.17, 15) is 4.79 Å². The lowest BCUT2D eigenvalue weighted by Gasteiger charge is -2.48. The van der Waals surface area contributed by atoms with Crippen LogP contribution in [-0.2, 0) is 4.79 Å². The second-order valence-electron chi connectivity index (χ2n) is 6.78. The highest BCUT2D eigenvalue weighted by Gasteiger charge is 2.45. The average molecular weight is 305 g/mol. The molecule has 1 heterocycles. The summed E-state index contributed by atoms with van der Waals surface area (Å²) < 4.78 is 0. The van der Waals surface area contributed by atoms with Gasteiger partial charge in [-0.15, -0.1) is 11.8 Å². The van der Waals surface area contributed by atoms with Gasteiger partial charge in [0.2, 0.25) is 0 Å². The molecule has 0 aromatic heterocycles. The van der Waals surface area contributed by atoms with Gasteiger partial charge in [0.1, 0.15) is 5.78 Å². The van der Waals surface area contributed by atoms with Crippen LogP contribution < -0.4 is 0 Å². The number of hydrogen-bond donors (Lipinski definition) is 0. The monoisotopic (exact) mass is 305 g/mol. The van der Waals surface area contributed by atoms with Gasteiger partial charge in [-0.25, -0.2) is 0 Å². The molecule has 3 heteroatoms. The summed E-state index contributed by atoms with van der Waals surface area (Å²) in [6.45, 7) is 7.42. The Bertz CT molecular complexity index is 489. The van der Waals surface area contributed by atoms with Crippen molar-refractivity contribution < 1.29 is 4.79 Å². The maximum Gasteiger partial charge on any atom is 0.141 e. The van der Waals surface area contributed by atoms with Crippen LogP contribution in [0.4, 0.5) is 0 Å². The highest BCUT2D eigenvalue weighted by molar-refractivity contribution is 7.99. The van der Waals surface area contributed by atoms with Crippen molar-refractivity contribution in [1.82, 2.24) is 4.90 Å². The van der Waals surface area contributed by atoms with Gasteiger partial charge >= 0.3 is 0 Å². The van der Waals surface area contributed by atoms with E-state index < -0.39 is 0 Å². The molecular weight excluding hydrogens is 278 g/mol. The van der Waals surface area contributed by atoms with Gasteiger partial charge in [0.15, 0.2) is 0 Å². The van der Waals surface area contributed by atoms with E-state index in [2.05, 4.69) is 57.0 Å². The van der Waals surface area contributed by atoms with Crippen LogP contribution in [0.1, 0.15) is 40.0 Å². The molecule has 116 valence electrons. The molecule has 1 fully saturated rings. The van der Waals surface area contributed by atoms with Crippen molar-refractivity contribution in [1.29, 1.82) is 0 Å². The number of hydrogen-bond acceptors (Lipinski definition) is 3. The summed E-state index contributed by atoms with van der Waals surface area (Å²) in [7, 11) is 2.17. The van der Waals surface area contributed by atoms with Gasteiger partial charge in [0.25, 0.3) is 0 Å². The molecular formula is C18H27NOS. The smallest absolute Gasteiger partial charge is 0.141 e. The molecule has 0 N–H and O–H groups in total. The fourth-order valence-corrected chi connectivity index (χ4v) is 4.16. The molecule has 1 aliphatic heterocycles. The van der Waals surface area contributed by atoms with E-state index in [1.54, 1.807) is 0 Å². The lowest BCUT2D eigenvalue weighted by atomic mass is 9.71. The maximum absolute atomic E-state index is 12.6. The lowest BCUT2D eigenvalue weighted by molar-refractivity contribution is -0.138. The number of ketones is 1. The Balaban J connectivity index is 1.94. The van der Waals surface area contributed by atoms with Gasteiger partial charge in [-0.3, -0.25) is 9.69 Å². The number of piperidine rings is 1. The molecule has 0 spiro atoms. The Labute approximate surface area is 133 Å². The first-order valence-electron chi connectivity index (χ1n) is 7.82. The summed E-state index contributed by atoms with van der Waals surface area (Å²) in [6, 6.07) is 10.4. The molecule has 0 saturated carbocycles. The number of benzene rings is 1. The zero-order chi connectivity index (χ0) is 15.5. The summed E-state index contributed by atoms with van der Waals surface area (Å²) in [5.74, 6) is 1.45. The van der Waals surface area contributed by atoms with Gasteiger partial charge in [-0.2, -0.15) is 0 Å². The average Bonchev–Trinajstić information content (AvgIpc) is 2.46. The van der Waals surface area contributed by atoms with Crippen molar-refractivity contribution in [2.75, 3.05) is 19.3 Å². The lowest BCUT2D eigenvalue weighted by Crippen LogP contribution is -2.57. The summed E-state index contributed by atoms with van der Waals surface area (Å²) in [6.07, 6.45) is 2.67. The van der Waals surface area contributed by atoms with E-state index in [0.29, 0.717) is 12.2 Å². The standard InChI is InChI=1S/C18H27NOS/c1-5-18(3)13-16(20)17(2,14-19(18)4)11-12-21-15-9-7-6-8-10-15/h6-10H,5,11-14H2,1-4H3. The van der Waals surface area contributed by atoms with Gasteiger partial charge in [-0.1, -0.05) is 32.0 Å². The highest BCUT2D eigenvalue weighted by atomic mass is 32.2. The molecule has 2 unspecified atom stereocenters. The molecule has 0 amide bonds. The van der Waals surface area contributed by atoms with Crippen molar-refractivity contribution in [3.8, 4) is 0 Å². The number of rotatable bonds is 5. The van der Waals surface area contributed by atoms with Gasteiger partial charge in [0.05, 0.1) is 0 Å². The first-order chi connectivity index (χ1) is 9.89. The van der Waals surface area contributed by atoms with Crippen LogP contribution in [0.2, 0.25) is 0 Å². The van der Waals surface area contributed by atoms with E-state index in [-0.39, 0.29) is 11.0 Å². The molecule has 0 radical (unpaired) electrons. The van der Waals surface area contributed by atoms with E-state index in [1.165, 1.54) is 4.90 Å². The van der Waals surface area contributed by atoms with Crippen LogP contribution in [-0.4, -0.2) is 35.6 Å². The third-order valence-corrected chi connectivity index (χ3v) is 6.16. The third kappa shape index (κ3) is 3.70. The molecule has 2 rings (SSSR count). The van der Waals surface area contributed by atoms with E-state index >= 15 is 0 Å². The van der Waals surface area contributed by atoms with Crippen molar-refractivity contribution >= 4 is 17.5 Å². The van der Waals surface area contributed by atoms with Crippen LogP contribution >= 0.6 is 11.8 Å². The van der Waals surface area contributed by atoms with Crippen LogP contribution in [0.15, 0.2) is 35.2 Å². The van der Waals surface area contributed by atoms with Crippen molar-refractivity contribution in [3.05, 3.63) is 30.3 Å². The minimum absolute atomic E-state index is 0.0448. The van der Waals surface area contributed by atoms with Gasteiger partial charge in [-0.05, 0) is 44.7 Å². The Hall–Kier alpha value is -0.800. The van der Waals surface area contributed by atoms with E-state index in [1.807, 2.05) is 17.8 Å². The fourth-order valence-electron chi connectivity index (χ4n) is 3.02. The largest absolute Gasteiger partial charge is 0.300 e. The predicted molar refractivity (Wildman–Crippen MR) is 90.8 cm³/mol. The molecule has 1 aromatic rings. The van der Waals surface area contributed by atoms with Crippen molar-refractivity contribution in [2.45, 2.75) is 50.5 Å². The van der Waals surface area contributed by atoms with Crippen molar-refractivity contribution in [3.63, 3.8) is 0 Å². The number of thioether (sulfide) groups is 1. The van der Waals surface area contributed by atoms with Crippen molar-refractivity contribution in [2.24, 2.45) is 5.41 Å². The fraction of sp³-hybridized carbons (Fsp3) is 0.611. The number of nitrogens with zero attached hydrogens (tertiary/aromatic N) is 1. The second-order valence-corrected chi connectivity index (χ2v) is 7.95. The highest BCUT2D eigenvalue weighted by Crippen LogP contribution is 2.39. The maximum atomic E-state index is 12.6. The first-order valence-corrected chi connectivity index (χ1v) is 8.81. The SMILES string of the molecule is CCC1(C)CC(=O)C(C)(CCSc2ccccc2)CN1C. The normalized spacial score (nSPS) is 30.6. The molecule has 1 aliphatic rings. The van der Waals surface area contributed by atoms with Gasteiger partial charge < -0.3 is 0 Å². The molecule has 1 saturated heterocycles.